The van der Waals surface area contributed by atoms with Crippen LogP contribution >= 0.6 is 0 Å². The number of aromatic nitrogens is 2. The van der Waals surface area contributed by atoms with E-state index in [0.717, 1.165) is 22.5 Å². The normalized spacial score (nSPS) is 11.5. The molecule has 0 aliphatic rings. The smallest absolute Gasteiger partial charge is 0.157 e. The maximum Gasteiger partial charge on any atom is 0.157 e. The van der Waals surface area contributed by atoms with Crippen LogP contribution in [0.25, 0.3) is 24.3 Å². The second-order valence-electron chi connectivity index (χ2n) is 5.22. The summed E-state index contributed by atoms with van der Waals surface area (Å²) in [6, 6.07) is 13.5. The molecule has 120 valence electrons. The zero-order valence-corrected chi connectivity index (χ0v) is 12.7. The molecule has 3 aromatic rings. The van der Waals surface area contributed by atoms with Gasteiger partial charge in [-0.25, -0.2) is 0 Å². The van der Waals surface area contributed by atoms with E-state index in [1.807, 2.05) is 24.3 Å². The Hall–Kier alpha value is -3.47. The molecule has 0 fully saturated rings. The van der Waals surface area contributed by atoms with E-state index in [2.05, 4.69) is 10.2 Å². The maximum absolute atomic E-state index is 9.72. The quantitative estimate of drug-likeness (QED) is 0.549. The number of phenols is 3. The highest BCUT2D eigenvalue weighted by molar-refractivity contribution is 5.73. The van der Waals surface area contributed by atoms with E-state index in [-0.39, 0.29) is 17.2 Å². The fourth-order valence-electron chi connectivity index (χ4n) is 2.16. The molecular weight excluding hydrogens is 304 g/mol. The van der Waals surface area contributed by atoms with Crippen molar-refractivity contribution in [3.05, 3.63) is 71.0 Å². The van der Waals surface area contributed by atoms with Crippen LogP contribution in [0.4, 0.5) is 0 Å². The van der Waals surface area contributed by atoms with Crippen LogP contribution in [0.15, 0.2) is 48.5 Å². The number of phenolic OH excluding ortho intramolecular Hbond substituents is 3. The van der Waals surface area contributed by atoms with E-state index in [9.17, 15) is 15.3 Å². The van der Waals surface area contributed by atoms with Gasteiger partial charge in [-0.2, -0.15) is 5.10 Å². The zero-order chi connectivity index (χ0) is 16.9. The van der Waals surface area contributed by atoms with Gasteiger partial charge in [0.25, 0.3) is 0 Å². The zero-order valence-electron chi connectivity index (χ0n) is 12.7. The summed E-state index contributed by atoms with van der Waals surface area (Å²) in [7, 11) is 0. The maximum atomic E-state index is 9.72. The number of H-pyrrole nitrogens is 1. The Kier molecular flexibility index (Phi) is 4.34. The molecule has 0 amide bonds. The molecular formula is C19H16N2O3. The topological polar surface area (TPSA) is 89.4 Å². The van der Waals surface area contributed by atoms with Gasteiger partial charge in [0.05, 0.1) is 11.4 Å². The summed E-state index contributed by atoms with van der Waals surface area (Å²) < 4.78 is 0. The molecule has 0 aliphatic carbocycles. The van der Waals surface area contributed by atoms with Gasteiger partial charge in [0.2, 0.25) is 0 Å². The second-order valence-corrected chi connectivity index (χ2v) is 5.22. The fraction of sp³-hybridized carbons (Fsp3) is 0. The lowest BCUT2D eigenvalue weighted by atomic mass is 10.1. The van der Waals surface area contributed by atoms with Crippen molar-refractivity contribution in [1.29, 1.82) is 0 Å². The highest BCUT2D eigenvalue weighted by atomic mass is 16.3. The van der Waals surface area contributed by atoms with Crippen LogP contribution in [-0.4, -0.2) is 25.5 Å². The van der Waals surface area contributed by atoms with Crippen molar-refractivity contribution in [2.24, 2.45) is 0 Å². The van der Waals surface area contributed by atoms with Gasteiger partial charge in [0.1, 0.15) is 5.75 Å². The third-order valence-electron chi connectivity index (χ3n) is 3.44. The predicted octanol–water partition coefficient (Wildman–Crippen LogP) is 3.87. The van der Waals surface area contributed by atoms with Gasteiger partial charge in [-0.15, -0.1) is 0 Å². The first-order valence-corrected chi connectivity index (χ1v) is 7.33. The average Bonchev–Trinajstić information content (AvgIpc) is 3.03. The van der Waals surface area contributed by atoms with Crippen LogP contribution in [0.2, 0.25) is 0 Å². The number of benzene rings is 2. The van der Waals surface area contributed by atoms with E-state index in [4.69, 9.17) is 0 Å². The van der Waals surface area contributed by atoms with Gasteiger partial charge in [0.15, 0.2) is 11.5 Å². The molecule has 5 nitrogen and oxygen atoms in total. The number of aromatic hydroxyl groups is 3. The fourth-order valence-corrected chi connectivity index (χ4v) is 2.16. The van der Waals surface area contributed by atoms with Gasteiger partial charge in [-0.05, 0) is 48.1 Å². The molecule has 24 heavy (non-hydrogen) atoms. The summed E-state index contributed by atoms with van der Waals surface area (Å²) in [5.41, 5.74) is 2.99. The van der Waals surface area contributed by atoms with Crippen molar-refractivity contribution in [3.63, 3.8) is 0 Å². The van der Waals surface area contributed by atoms with Crippen LogP contribution in [0.5, 0.6) is 17.2 Å². The van der Waals surface area contributed by atoms with Crippen molar-refractivity contribution < 1.29 is 15.3 Å². The van der Waals surface area contributed by atoms with Crippen molar-refractivity contribution in [1.82, 2.24) is 10.2 Å². The van der Waals surface area contributed by atoms with Crippen molar-refractivity contribution in [3.8, 4) is 17.2 Å². The number of hydrogen-bond donors (Lipinski definition) is 4. The molecule has 3 rings (SSSR count). The standard InChI is InChI=1S/C19H16N2O3/c22-17-4-2-1-3-14(17)7-9-16-12-15(20-21-16)8-5-13-6-10-18(23)19(24)11-13/h1-12,22-24H,(H,20,21)/b8-5+,9-7+. The molecule has 1 aromatic heterocycles. The van der Waals surface area contributed by atoms with Gasteiger partial charge in [-0.1, -0.05) is 30.3 Å². The van der Waals surface area contributed by atoms with E-state index >= 15 is 0 Å². The molecule has 0 saturated carbocycles. The Morgan fingerprint density at radius 3 is 2.38 bits per heavy atom. The molecule has 0 radical (unpaired) electrons. The SMILES string of the molecule is Oc1ccc(/C=C/c2cc(/C=C/c3ccccc3O)[nH]n2)cc1O. The van der Waals surface area contributed by atoms with E-state index in [1.54, 1.807) is 36.4 Å². The Balaban J connectivity index is 1.72. The first-order chi connectivity index (χ1) is 11.6. The van der Waals surface area contributed by atoms with Crippen molar-refractivity contribution >= 4 is 24.3 Å². The van der Waals surface area contributed by atoms with Gasteiger partial charge in [0, 0.05) is 5.56 Å². The molecule has 1 heterocycles. The molecule has 0 unspecified atom stereocenters. The molecule has 5 heteroatoms. The number of rotatable bonds is 4. The summed E-state index contributed by atoms with van der Waals surface area (Å²) in [4.78, 5) is 0. The molecule has 2 aromatic carbocycles. The van der Waals surface area contributed by atoms with Gasteiger partial charge >= 0.3 is 0 Å². The number of nitrogens with one attached hydrogen (secondary N) is 1. The summed E-state index contributed by atoms with van der Waals surface area (Å²) >= 11 is 0. The third-order valence-corrected chi connectivity index (χ3v) is 3.44. The minimum Gasteiger partial charge on any atom is -0.507 e. The highest BCUT2D eigenvalue weighted by Gasteiger charge is 1.99. The molecule has 0 atom stereocenters. The molecule has 0 bridgehead atoms. The molecule has 0 spiro atoms. The largest absolute Gasteiger partial charge is 0.507 e. The number of para-hydroxylation sites is 1. The van der Waals surface area contributed by atoms with Crippen molar-refractivity contribution in [2.75, 3.05) is 0 Å². The van der Waals surface area contributed by atoms with Crippen LogP contribution < -0.4 is 0 Å². The number of nitrogens with zero attached hydrogens (tertiary/aromatic N) is 1. The van der Waals surface area contributed by atoms with Crippen LogP contribution in [0.3, 0.4) is 0 Å². The molecule has 4 N–H and O–H groups in total. The lowest BCUT2D eigenvalue weighted by Crippen LogP contribution is -1.75. The summed E-state index contributed by atoms with van der Waals surface area (Å²) in [6.45, 7) is 0. The second kappa shape index (κ2) is 6.75. The van der Waals surface area contributed by atoms with Crippen molar-refractivity contribution in [2.45, 2.75) is 0 Å². The van der Waals surface area contributed by atoms with Gasteiger partial charge < -0.3 is 15.3 Å². The van der Waals surface area contributed by atoms with E-state index < -0.39 is 0 Å². The summed E-state index contributed by atoms with van der Waals surface area (Å²) in [5, 5.41) is 35.5. The Labute approximate surface area is 138 Å². The average molecular weight is 320 g/mol. The molecule has 0 aliphatic heterocycles. The Morgan fingerprint density at radius 1 is 0.750 bits per heavy atom. The van der Waals surface area contributed by atoms with Gasteiger partial charge in [-0.3, -0.25) is 5.10 Å². The predicted molar refractivity (Wildman–Crippen MR) is 94.3 cm³/mol. The number of hydrogen-bond acceptors (Lipinski definition) is 4. The summed E-state index contributed by atoms with van der Waals surface area (Å²) in [6.07, 6.45) is 7.20. The highest BCUT2D eigenvalue weighted by Crippen LogP contribution is 2.25. The van der Waals surface area contributed by atoms with Crippen LogP contribution in [0.1, 0.15) is 22.5 Å². The monoisotopic (exact) mass is 320 g/mol. The molecule has 0 saturated heterocycles. The van der Waals surface area contributed by atoms with E-state index in [0.29, 0.717) is 0 Å². The summed E-state index contributed by atoms with van der Waals surface area (Å²) in [5.74, 6) is -0.0884. The number of aromatic amines is 1. The minimum atomic E-state index is -0.162. The minimum absolute atomic E-state index is 0.150. The lowest BCUT2D eigenvalue weighted by molar-refractivity contribution is 0.403. The Bertz CT molecular complexity index is 910. The van der Waals surface area contributed by atoms with Crippen LogP contribution in [-0.2, 0) is 0 Å². The first kappa shape index (κ1) is 15.4. The lowest BCUT2D eigenvalue weighted by Gasteiger charge is -1.97. The van der Waals surface area contributed by atoms with Crippen LogP contribution in [0, 0.1) is 0 Å². The first-order valence-electron chi connectivity index (χ1n) is 7.33. The van der Waals surface area contributed by atoms with E-state index in [1.165, 1.54) is 12.1 Å². The third kappa shape index (κ3) is 3.64. The Morgan fingerprint density at radius 2 is 1.58 bits per heavy atom.